The minimum Gasteiger partial charge on any atom is -0.368 e. The molecular weight excluding hydrogens is 483 g/mol. The fourth-order valence-electron chi connectivity index (χ4n) is 4.43. The summed E-state index contributed by atoms with van der Waals surface area (Å²) < 4.78 is 176. The quantitative estimate of drug-likeness (QED) is 0.364. The Morgan fingerprint density at radius 1 is 1.25 bits per heavy atom. The number of piperidine rings is 1. The Morgan fingerprint density at radius 3 is 2.42 bits per heavy atom. The molecule has 1 saturated carbocycles. The Morgan fingerprint density at radius 2 is 1.92 bits per heavy atom. The summed E-state index contributed by atoms with van der Waals surface area (Å²) in [7, 11) is 0. The van der Waals surface area contributed by atoms with Crippen molar-refractivity contribution < 1.29 is 60.4 Å². The summed E-state index contributed by atoms with van der Waals surface area (Å²) in [5.74, 6) is -14.7. The van der Waals surface area contributed by atoms with Crippen LogP contribution in [0.1, 0.15) is 70.4 Å². The molecule has 202 valence electrons. The summed E-state index contributed by atoms with van der Waals surface area (Å²) in [6.45, 7) is -23.9. The topological polar surface area (TPSA) is 151 Å². The summed E-state index contributed by atoms with van der Waals surface area (Å²) in [6, 6.07) is -8.24. The van der Waals surface area contributed by atoms with Gasteiger partial charge in [0.25, 0.3) is 0 Å². The number of carbonyl (C=O) groups is 5. The number of primary amides is 1. The Balaban J connectivity index is 2.28. The van der Waals surface area contributed by atoms with E-state index in [9.17, 15) is 37.1 Å². The number of fused-ring (bicyclic) bond motifs is 1. The van der Waals surface area contributed by atoms with Crippen molar-refractivity contribution in [2.75, 3.05) is 13.0 Å². The van der Waals surface area contributed by atoms with Gasteiger partial charge in [0.2, 0.25) is 23.6 Å². The predicted molar refractivity (Wildman–Crippen MR) is 121 cm³/mol. The highest BCUT2D eigenvalue weighted by molar-refractivity contribution is 5.96. The fourth-order valence-corrected chi connectivity index (χ4v) is 4.43. The molecule has 2 saturated heterocycles. The van der Waals surface area contributed by atoms with E-state index in [1.54, 1.807) is 0 Å². The molecule has 0 spiro atoms. The number of rotatable bonds is 7. The van der Waals surface area contributed by atoms with Crippen LogP contribution in [0.2, 0.25) is 0 Å². The van der Waals surface area contributed by atoms with Crippen molar-refractivity contribution in [1.82, 2.24) is 20.9 Å². The zero-order valence-corrected chi connectivity index (χ0v) is 18.3. The molecule has 5 amide bonds. The van der Waals surface area contributed by atoms with Crippen LogP contribution in [0.25, 0.3) is 0 Å². The number of amides is 5. The number of halogens is 3. The zero-order valence-electron chi connectivity index (χ0n) is 35.3. The van der Waals surface area contributed by atoms with E-state index in [1.165, 1.54) is 0 Å². The lowest BCUT2D eigenvalue weighted by Crippen LogP contribution is -2.61. The molecule has 2 aliphatic heterocycles. The van der Waals surface area contributed by atoms with Crippen molar-refractivity contribution >= 4 is 29.5 Å². The van der Waals surface area contributed by atoms with Gasteiger partial charge in [0, 0.05) is 42.3 Å². The monoisotopic (exact) mass is 534 g/mol. The first-order valence-electron chi connectivity index (χ1n) is 18.9. The number of hydrogen-bond acceptors (Lipinski definition) is 5. The van der Waals surface area contributed by atoms with Crippen LogP contribution in [0.4, 0.5) is 13.2 Å². The molecule has 0 radical (unpaired) electrons. The molecule has 3 fully saturated rings. The summed E-state index contributed by atoms with van der Waals surface area (Å²) in [6.07, 6.45) is -7.32. The largest absolute Gasteiger partial charge is 0.471 e. The van der Waals surface area contributed by atoms with Crippen molar-refractivity contribution in [3.63, 3.8) is 0 Å². The Bertz CT molecular complexity index is 1480. The van der Waals surface area contributed by atoms with Crippen LogP contribution < -0.4 is 21.7 Å². The van der Waals surface area contributed by atoms with Crippen LogP contribution in [0, 0.1) is 28.6 Å². The zero-order chi connectivity index (χ0) is 41.7. The average Bonchev–Trinajstić information content (AvgIpc) is 3.30. The van der Waals surface area contributed by atoms with Gasteiger partial charge in [0.15, 0.2) is 0 Å². The smallest absolute Gasteiger partial charge is 0.368 e. The van der Waals surface area contributed by atoms with E-state index in [1.807, 2.05) is 10.6 Å². The third-order valence-corrected chi connectivity index (χ3v) is 6.38. The van der Waals surface area contributed by atoms with Crippen LogP contribution in [0.15, 0.2) is 0 Å². The van der Waals surface area contributed by atoms with Gasteiger partial charge in [0.05, 0.1) is 0 Å². The maximum absolute atomic E-state index is 14.3. The second-order valence-electron chi connectivity index (χ2n) is 8.92. The second kappa shape index (κ2) is 9.22. The number of hydrogen-bond donors (Lipinski definition) is 4. The molecule has 3 aliphatic rings. The van der Waals surface area contributed by atoms with E-state index in [0.717, 1.165) is 5.32 Å². The minimum atomic E-state index is -6.01. The van der Waals surface area contributed by atoms with Gasteiger partial charge in [-0.25, -0.2) is 0 Å². The van der Waals surface area contributed by atoms with Crippen LogP contribution in [0.5, 0.6) is 0 Å². The Labute approximate surface area is 231 Å². The van der Waals surface area contributed by atoms with Gasteiger partial charge in [-0.2, -0.15) is 13.2 Å². The van der Waals surface area contributed by atoms with E-state index in [4.69, 9.17) is 29.0 Å². The molecule has 0 unspecified atom stereocenters. The summed E-state index contributed by atoms with van der Waals surface area (Å²) in [5, 5.41) is 4.78. The van der Waals surface area contributed by atoms with Crippen LogP contribution in [0.3, 0.4) is 0 Å². The van der Waals surface area contributed by atoms with Crippen LogP contribution in [-0.2, 0) is 24.0 Å². The predicted octanol–water partition coefficient (Wildman–Crippen LogP) is 0.0589. The van der Waals surface area contributed by atoms with Gasteiger partial charge < -0.3 is 26.6 Å². The van der Waals surface area contributed by atoms with Crippen molar-refractivity contribution in [1.29, 1.82) is 0 Å². The minimum absolute atomic E-state index is 0.0403. The number of nitrogens with one attached hydrogen (secondary N) is 3. The molecule has 36 heavy (non-hydrogen) atoms. The van der Waals surface area contributed by atoms with Gasteiger partial charge >= 0.3 is 12.1 Å². The lowest BCUT2D eigenvalue weighted by molar-refractivity contribution is -0.176. The summed E-state index contributed by atoms with van der Waals surface area (Å²) >= 11 is 0. The number of likely N-dealkylation sites (tertiary alicyclic amines) is 1. The van der Waals surface area contributed by atoms with Gasteiger partial charge in [-0.3, -0.25) is 24.0 Å². The Kier molecular flexibility index (Phi) is 3.23. The highest BCUT2D eigenvalue weighted by Gasteiger charge is 2.70. The van der Waals surface area contributed by atoms with Gasteiger partial charge in [0.1, 0.15) is 18.1 Å². The van der Waals surface area contributed by atoms with Gasteiger partial charge in [-0.15, -0.1) is 0 Å². The molecule has 2 heterocycles. The van der Waals surface area contributed by atoms with Crippen LogP contribution in [-0.4, -0.2) is 71.8 Å². The fraction of sp³-hybridized carbons (Fsp3) is 0.783. The lowest BCUT2D eigenvalue weighted by Gasteiger charge is -2.38. The van der Waals surface area contributed by atoms with Crippen molar-refractivity contribution in [3.8, 4) is 0 Å². The van der Waals surface area contributed by atoms with Gasteiger partial charge in [-0.05, 0) is 35.5 Å². The van der Waals surface area contributed by atoms with Crippen molar-refractivity contribution in [3.05, 3.63) is 0 Å². The molecule has 5 N–H and O–H groups in total. The van der Waals surface area contributed by atoms with Crippen molar-refractivity contribution in [2.24, 2.45) is 34.3 Å². The molecule has 6 atom stereocenters. The first kappa shape index (κ1) is 12.6. The molecule has 10 nitrogen and oxygen atoms in total. The molecule has 3 rings (SSSR count). The number of alkyl halides is 3. The van der Waals surface area contributed by atoms with E-state index in [0.29, 0.717) is 0 Å². The third-order valence-electron chi connectivity index (χ3n) is 6.38. The molecule has 0 aromatic heterocycles. The molecule has 1 aliphatic carbocycles. The first-order chi connectivity index (χ1) is 23.3. The van der Waals surface area contributed by atoms with E-state index < -0.39 is 143 Å². The standard InChI is InChI=1S/C23H34F3N5O5/c1-21(2,3)15(30-20(36)23(24,25)26)19(35)31-9-11-13(22(11,4)5)14(31)18(34)29-12(16(27)32)8-10-6-7-28-17(10)33/h10-15H,6-9H2,1-5H3,(H2,27,32)(H,28,33)(H,29,34)(H,30,36)/t10-,11-,12-,13-,14-,15+/m0/s1/i1D3,2D3,3D3,4D3,5D3,7D2. The normalized spacial score (nSPS) is 38.7. The van der Waals surface area contributed by atoms with E-state index in [-0.39, 0.29) is 4.90 Å². The average molecular weight is 535 g/mol. The second-order valence-corrected chi connectivity index (χ2v) is 8.92. The number of carbonyl (C=O) groups excluding carboxylic acids is 5. The molecule has 0 aromatic carbocycles. The Hall–Kier alpha value is -2.86. The molecule has 0 aromatic rings. The number of nitrogens with zero attached hydrogens (tertiary/aromatic N) is 1. The maximum Gasteiger partial charge on any atom is 0.471 e. The highest BCUT2D eigenvalue weighted by Crippen LogP contribution is 2.65. The van der Waals surface area contributed by atoms with E-state index >= 15 is 0 Å². The summed E-state index contributed by atoms with van der Waals surface area (Å²) in [4.78, 5) is 65.4. The molecule has 13 heteroatoms. The first-order valence-corrected chi connectivity index (χ1v) is 10.4. The van der Waals surface area contributed by atoms with Gasteiger partial charge in [-0.1, -0.05) is 34.3 Å². The lowest BCUT2D eigenvalue weighted by atomic mass is 9.85. The third kappa shape index (κ3) is 5.29. The molecule has 0 bridgehead atoms. The number of nitrogens with two attached hydrogens (primary N) is 1. The summed E-state index contributed by atoms with van der Waals surface area (Å²) in [5.41, 5.74) is -2.08. The maximum atomic E-state index is 14.3. The van der Waals surface area contributed by atoms with Crippen molar-refractivity contribution in [2.45, 2.75) is 71.4 Å². The van der Waals surface area contributed by atoms with E-state index in [2.05, 4.69) is 0 Å². The highest BCUT2D eigenvalue weighted by atomic mass is 19.4. The SMILES string of the molecule is [2H]C1([2H])C[C@@H](C[C@H](NC(=O)[C@@H]2[C@@H]3[C@H](CN2C(=O)[C@@H](NC(=O)C(F)(F)F)C(C([2H])([2H])[2H])(C([2H])([2H])[2H])C([2H])([2H])[2H])C3(C([2H])([2H])[2H])C([2H])([2H])[2H])C(N)=O)C(=O)N1. The molecular formula is C23H34F3N5O5. The van der Waals surface area contributed by atoms with Crippen LogP contribution >= 0.6 is 0 Å².